The molecule has 2 aliphatic heterocycles. The summed E-state index contributed by atoms with van der Waals surface area (Å²) in [5, 5.41) is 3.44. The second-order valence-electron chi connectivity index (χ2n) is 7.05. The van der Waals surface area contributed by atoms with Crippen molar-refractivity contribution in [3.63, 3.8) is 0 Å². The van der Waals surface area contributed by atoms with Crippen molar-refractivity contribution >= 4 is 11.6 Å². The van der Waals surface area contributed by atoms with Crippen molar-refractivity contribution in [1.82, 2.24) is 9.88 Å². The zero-order valence-corrected chi connectivity index (χ0v) is 15.0. The third-order valence-corrected chi connectivity index (χ3v) is 5.16. The summed E-state index contributed by atoms with van der Waals surface area (Å²) < 4.78 is 5.80. The predicted molar refractivity (Wildman–Crippen MR) is 101 cm³/mol. The van der Waals surface area contributed by atoms with Gasteiger partial charge in [-0.15, -0.1) is 0 Å². The van der Waals surface area contributed by atoms with Gasteiger partial charge in [-0.05, 0) is 55.0 Å². The van der Waals surface area contributed by atoms with Gasteiger partial charge in [0.05, 0.1) is 17.4 Å². The molecule has 26 heavy (non-hydrogen) atoms. The maximum atomic E-state index is 13.4. The number of aryl methyl sites for hydroxylation is 1. The summed E-state index contributed by atoms with van der Waals surface area (Å²) in [6, 6.07) is 9.98. The number of pyridine rings is 1. The molecule has 5 nitrogen and oxygen atoms in total. The van der Waals surface area contributed by atoms with E-state index in [1.165, 1.54) is 5.56 Å². The van der Waals surface area contributed by atoms with E-state index in [1.807, 2.05) is 29.2 Å². The summed E-state index contributed by atoms with van der Waals surface area (Å²) in [4.78, 5) is 19.4. The van der Waals surface area contributed by atoms with E-state index in [-0.39, 0.29) is 12.0 Å². The maximum absolute atomic E-state index is 13.4. The van der Waals surface area contributed by atoms with Gasteiger partial charge < -0.3 is 15.0 Å². The number of para-hydroxylation sites is 1. The SMILES string of the molecule is O=C(c1cccc2c1NCCC2)N(Cc1ccncc1)CC1CCCO1. The number of benzene rings is 1. The second-order valence-corrected chi connectivity index (χ2v) is 7.05. The number of amides is 1. The molecule has 3 heterocycles. The number of fused-ring (bicyclic) bond motifs is 1. The molecule has 0 saturated carbocycles. The number of rotatable bonds is 5. The summed E-state index contributed by atoms with van der Waals surface area (Å²) in [6.45, 7) is 2.92. The molecule has 5 heteroatoms. The summed E-state index contributed by atoms with van der Waals surface area (Å²) in [5.74, 6) is 0.0727. The Morgan fingerprint density at radius 2 is 2.12 bits per heavy atom. The number of aromatic nitrogens is 1. The van der Waals surface area contributed by atoms with Crippen LogP contribution in [0.3, 0.4) is 0 Å². The van der Waals surface area contributed by atoms with Gasteiger partial charge in [0.15, 0.2) is 0 Å². The summed E-state index contributed by atoms with van der Waals surface area (Å²) in [6.07, 6.45) is 7.91. The molecule has 1 fully saturated rings. The average Bonchev–Trinajstić information content (AvgIpc) is 3.20. The highest BCUT2D eigenvalue weighted by Crippen LogP contribution is 2.28. The predicted octanol–water partition coefficient (Wildman–Crippen LogP) is 3.26. The van der Waals surface area contributed by atoms with Gasteiger partial charge in [0.2, 0.25) is 0 Å². The number of nitrogens with one attached hydrogen (secondary N) is 1. The molecule has 0 radical (unpaired) electrons. The second kappa shape index (κ2) is 7.87. The van der Waals surface area contributed by atoms with Crippen molar-refractivity contribution in [2.45, 2.75) is 38.3 Å². The zero-order chi connectivity index (χ0) is 17.8. The Morgan fingerprint density at radius 3 is 2.92 bits per heavy atom. The number of nitrogens with zero attached hydrogens (tertiary/aromatic N) is 2. The van der Waals surface area contributed by atoms with Crippen LogP contribution in [0.5, 0.6) is 0 Å². The molecule has 1 aromatic carbocycles. The number of carbonyl (C=O) groups excluding carboxylic acids is 1. The molecule has 4 rings (SSSR count). The molecule has 0 bridgehead atoms. The van der Waals surface area contributed by atoms with E-state index in [0.717, 1.165) is 55.6 Å². The van der Waals surface area contributed by atoms with Crippen molar-refractivity contribution in [2.24, 2.45) is 0 Å². The van der Waals surface area contributed by atoms with Crippen LogP contribution in [0.25, 0.3) is 0 Å². The van der Waals surface area contributed by atoms with E-state index in [9.17, 15) is 4.79 Å². The van der Waals surface area contributed by atoms with E-state index in [2.05, 4.69) is 16.4 Å². The zero-order valence-electron chi connectivity index (χ0n) is 15.0. The van der Waals surface area contributed by atoms with Crippen LogP contribution < -0.4 is 5.32 Å². The number of anilines is 1. The molecule has 2 aliphatic rings. The Morgan fingerprint density at radius 1 is 1.23 bits per heavy atom. The lowest BCUT2D eigenvalue weighted by molar-refractivity contribution is 0.0508. The van der Waals surface area contributed by atoms with Crippen LogP contribution in [0.1, 0.15) is 40.7 Å². The Labute approximate surface area is 154 Å². The first kappa shape index (κ1) is 17.0. The van der Waals surface area contributed by atoms with E-state index in [1.54, 1.807) is 12.4 Å². The quantitative estimate of drug-likeness (QED) is 0.898. The number of hydrogen-bond acceptors (Lipinski definition) is 4. The molecule has 0 aliphatic carbocycles. The van der Waals surface area contributed by atoms with Crippen molar-refractivity contribution in [2.75, 3.05) is 25.0 Å². The van der Waals surface area contributed by atoms with Gasteiger partial charge in [0.1, 0.15) is 0 Å². The third kappa shape index (κ3) is 3.73. The van der Waals surface area contributed by atoms with Gasteiger partial charge in [0.25, 0.3) is 5.91 Å². The Kier molecular flexibility index (Phi) is 5.16. The lowest BCUT2D eigenvalue weighted by Crippen LogP contribution is -2.37. The first-order valence-corrected chi connectivity index (χ1v) is 9.47. The van der Waals surface area contributed by atoms with Crippen molar-refractivity contribution in [1.29, 1.82) is 0 Å². The molecular weight excluding hydrogens is 326 g/mol. The fourth-order valence-corrected chi connectivity index (χ4v) is 3.82. The molecule has 1 amide bonds. The highest BCUT2D eigenvalue weighted by Gasteiger charge is 2.26. The molecule has 1 unspecified atom stereocenters. The smallest absolute Gasteiger partial charge is 0.256 e. The van der Waals surface area contributed by atoms with E-state index in [0.29, 0.717) is 13.1 Å². The first-order valence-electron chi connectivity index (χ1n) is 9.47. The molecule has 1 saturated heterocycles. The lowest BCUT2D eigenvalue weighted by atomic mass is 9.98. The normalized spacial score (nSPS) is 18.8. The Bertz CT molecular complexity index is 757. The molecule has 1 aromatic heterocycles. The van der Waals surface area contributed by atoms with Crippen LogP contribution >= 0.6 is 0 Å². The monoisotopic (exact) mass is 351 g/mol. The molecule has 1 N–H and O–H groups in total. The largest absolute Gasteiger partial charge is 0.384 e. The average molecular weight is 351 g/mol. The van der Waals surface area contributed by atoms with Crippen LogP contribution in [0.4, 0.5) is 5.69 Å². The van der Waals surface area contributed by atoms with Gasteiger partial charge >= 0.3 is 0 Å². The van der Waals surface area contributed by atoms with Gasteiger partial charge in [-0.1, -0.05) is 12.1 Å². The summed E-state index contributed by atoms with van der Waals surface area (Å²) in [7, 11) is 0. The van der Waals surface area contributed by atoms with Crippen molar-refractivity contribution < 1.29 is 9.53 Å². The van der Waals surface area contributed by atoms with E-state index >= 15 is 0 Å². The van der Waals surface area contributed by atoms with Crippen LogP contribution in [0.2, 0.25) is 0 Å². The van der Waals surface area contributed by atoms with Gasteiger partial charge in [-0.3, -0.25) is 9.78 Å². The van der Waals surface area contributed by atoms with Gasteiger partial charge in [0, 0.05) is 38.6 Å². The van der Waals surface area contributed by atoms with Crippen LogP contribution in [0.15, 0.2) is 42.7 Å². The van der Waals surface area contributed by atoms with E-state index in [4.69, 9.17) is 4.74 Å². The number of carbonyl (C=O) groups is 1. The molecular formula is C21H25N3O2. The molecule has 1 atom stereocenters. The fraction of sp³-hybridized carbons (Fsp3) is 0.429. The topological polar surface area (TPSA) is 54.5 Å². The molecule has 2 aromatic rings. The lowest BCUT2D eigenvalue weighted by Gasteiger charge is -2.28. The molecule has 0 spiro atoms. The van der Waals surface area contributed by atoms with Crippen LogP contribution in [-0.4, -0.2) is 41.6 Å². The minimum atomic E-state index is 0.0727. The van der Waals surface area contributed by atoms with Crippen LogP contribution in [-0.2, 0) is 17.7 Å². The van der Waals surface area contributed by atoms with Crippen molar-refractivity contribution in [3.8, 4) is 0 Å². The summed E-state index contributed by atoms with van der Waals surface area (Å²) in [5.41, 5.74) is 4.11. The standard InChI is InChI=1S/C21H25N3O2/c25-21(19-7-1-4-17-5-2-10-23-20(17)19)24(15-18-6-3-13-26-18)14-16-8-11-22-12-9-16/h1,4,7-9,11-12,18,23H,2-3,5-6,10,13-15H2. The maximum Gasteiger partial charge on any atom is 0.256 e. The number of hydrogen-bond donors (Lipinski definition) is 1. The van der Waals surface area contributed by atoms with Crippen LogP contribution in [0, 0.1) is 0 Å². The van der Waals surface area contributed by atoms with Crippen molar-refractivity contribution in [3.05, 3.63) is 59.4 Å². The highest BCUT2D eigenvalue weighted by molar-refractivity contribution is 6.00. The highest BCUT2D eigenvalue weighted by atomic mass is 16.5. The van der Waals surface area contributed by atoms with Gasteiger partial charge in [-0.25, -0.2) is 0 Å². The van der Waals surface area contributed by atoms with Gasteiger partial charge in [-0.2, -0.15) is 0 Å². The number of ether oxygens (including phenoxy) is 1. The fourth-order valence-electron chi connectivity index (χ4n) is 3.82. The molecule has 136 valence electrons. The Balaban J connectivity index is 1.61. The third-order valence-electron chi connectivity index (χ3n) is 5.16. The summed E-state index contributed by atoms with van der Waals surface area (Å²) >= 11 is 0. The first-order chi connectivity index (χ1) is 12.8. The minimum Gasteiger partial charge on any atom is -0.384 e. The van der Waals surface area contributed by atoms with E-state index < -0.39 is 0 Å². The Hall–Kier alpha value is -2.40. The minimum absolute atomic E-state index is 0.0727.